The molecule has 19 heavy (non-hydrogen) atoms. The summed E-state index contributed by atoms with van der Waals surface area (Å²) in [5, 5.41) is 3.09. The molecule has 0 aromatic heterocycles. The summed E-state index contributed by atoms with van der Waals surface area (Å²) in [6.45, 7) is 3.07. The Morgan fingerprint density at radius 1 is 1.26 bits per heavy atom. The first kappa shape index (κ1) is 13.9. The maximum absolute atomic E-state index is 13.3. The van der Waals surface area contributed by atoms with Gasteiger partial charge in [-0.05, 0) is 43.2 Å². The smallest absolute Gasteiger partial charge is 0.194 e. The molecule has 104 valence electrons. The molecule has 1 N–H and O–H groups in total. The number of likely N-dealkylation sites (N-methyl/N-ethyl adjacent to an activating group) is 1. The molecule has 0 saturated heterocycles. The van der Waals surface area contributed by atoms with E-state index in [1.807, 2.05) is 13.0 Å². The quantitative estimate of drug-likeness (QED) is 0.847. The van der Waals surface area contributed by atoms with Gasteiger partial charge >= 0.3 is 0 Å². The summed E-state index contributed by atoms with van der Waals surface area (Å²) in [6.07, 6.45) is 3.69. The van der Waals surface area contributed by atoms with E-state index in [0.29, 0.717) is 24.5 Å². The van der Waals surface area contributed by atoms with Crippen LogP contribution in [0.4, 0.5) is 13.2 Å². The second-order valence-corrected chi connectivity index (χ2v) is 4.39. The summed E-state index contributed by atoms with van der Waals surface area (Å²) in [4.78, 5) is 0. The minimum Gasteiger partial charge on any atom is -0.496 e. The Morgan fingerprint density at radius 3 is 2.47 bits per heavy atom. The second-order valence-electron chi connectivity index (χ2n) is 4.39. The van der Waals surface area contributed by atoms with Crippen LogP contribution in [-0.4, -0.2) is 13.2 Å². The van der Waals surface area contributed by atoms with Gasteiger partial charge in [0.15, 0.2) is 17.5 Å². The maximum atomic E-state index is 13.3. The van der Waals surface area contributed by atoms with Crippen molar-refractivity contribution in [1.29, 1.82) is 0 Å². The van der Waals surface area contributed by atoms with Crippen LogP contribution in [0.1, 0.15) is 31.4 Å². The molecule has 0 aliphatic carbocycles. The normalized spacial score (nSPS) is 16.7. The first-order chi connectivity index (χ1) is 9.13. The van der Waals surface area contributed by atoms with Gasteiger partial charge in [0.1, 0.15) is 5.76 Å². The van der Waals surface area contributed by atoms with Gasteiger partial charge < -0.3 is 10.1 Å². The van der Waals surface area contributed by atoms with Crippen molar-refractivity contribution in [3.05, 3.63) is 47.0 Å². The molecule has 1 heterocycles. The second kappa shape index (κ2) is 6.10. The summed E-state index contributed by atoms with van der Waals surface area (Å²) in [6, 6.07) is 1.56. The number of allylic oxidation sites excluding steroid dienone is 1. The number of rotatable bonds is 4. The van der Waals surface area contributed by atoms with Crippen molar-refractivity contribution in [2.75, 3.05) is 13.2 Å². The minimum atomic E-state index is -1.45. The average Bonchev–Trinajstić information content (AvgIpc) is 2.42. The molecular weight excluding hydrogens is 255 g/mol. The van der Waals surface area contributed by atoms with Crippen molar-refractivity contribution >= 4 is 0 Å². The molecule has 1 aromatic carbocycles. The lowest BCUT2D eigenvalue weighted by Gasteiger charge is -2.25. The average molecular weight is 271 g/mol. The minimum absolute atomic E-state index is 0.325. The van der Waals surface area contributed by atoms with Gasteiger partial charge in [-0.15, -0.1) is 0 Å². The molecule has 0 spiro atoms. The van der Waals surface area contributed by atoms with Crippen LogP contribution in [0.25, 0.3) is 0 Å². The van der Waals surface area contributed by atoms with E-state index in [1.165, 1.54) is 0 Å². The highest BCUT2D eigenvalue weighted by Gasteiger charge is 2.22. The highest BCUT2D eigenvalue weighted by atomic mass is 19.2. The highest BCUT2D eigenvalue weighted by Crippen LogP contribution is 2.28. The molecule has 1 unspecified atom stereocenters. The number of hydrogen-bond acceptors (Lipinski definition) is 2. The van der Waals surface area contributed by atoms with E-state index >= 15 is 0 Å². The largest absolute Gasteiger partial charge is 0.496 e. The van der Waals surface area contributed by atoms with Crippen LogP contribution < -0.4 is 5.32 Å². The van der Waals surface area contributed by atoms with Gasteiger partial charge in [0.25, 0.3) is 0 Å². The van der Waals surface area contributed by atoms with Gasteiger partial charge in [-0.1, -0.05) is 6.92 Å². The van der Waals surface area contributed by atoms with Gasteiger partial charge in [-0.2, -0.15) is 0 Å². The van der Waals surface area contributed by atoms with E-state index in [2.05, 4.69) is 5.32 Å². The van der Waals surface area contributed by atoms with Gasteiger partial charge in [0.05, 0.1) is 12.6 Å². The predicted molar refractivity (Wildman–Crippen MR) is 66.0 cm³/mol. The number of hydrogen-bond donors (Lipinski definition) is 1. The summed E-state index contributed by atoms with van der Waals surface area (Å²) in [7, 11) is 0. The van der Waals surface area contributed by atoms with E-state index in [-0.39, 0.29) is 0 Å². The monoisotopic (exact) mass is 271 g/mol. The van der Waals surface area contributed by atoms with Crippen molar-refractivity contribution in [2.45, 2.75) is 25.8 Å². The Balaban J connectivity index is 2.35. The van der Waals surface area contributed by atoms with Crippen LogP contribution in [0.5, 0.6) is 0 Å². The topological polar surface area (TPSA) is 21.3 Å². The van der Waals surface area contributed by atoms with Gasteiger partial charge in [-0.25, -0.2) is 13.2 Å². The standard InChI is InChI=1S/C14H16F3NO/c1-2-18-14(12-5-3-4-6-19-12)9-7-10(15)13(17)11(16)8-9/h5,7-8,14,18H,2-4,6H2,1H3. The third-order valence-corrected chi connectivity index (χ3v) is 2.99. The third kappa shape index (κ3) is 3.10. The van der Waals surface area contributed by atoms with Crippen molar-refractivity contribution in [1.82, 2.24) is 5.32 Å². The Bertz CT molecular complexity index is 465. The van der Waals surface area contributed by atoms with Crippen LogP contribution in [0, 0.1) is 17.5 Å². The zero-order valence-electron chi connectivity index (χ0n) is 10.7. The number of halogens is 3. The van der Waals surface area contributed by atoms with Crippen LogP contribution >= 0.6 is 0 Å². The first-order valence-corrected chi connectivity index (χ1v) is 6.34. The Morgan fingerprint density at radius 2 is 1.95 bits per heavy atom. The number of nitrogens with one attached hydrogen (secondary N) is 1. The van der Waals surface area contributed by atoms with E-state index in [1.54, 1.807) is 0 Å². The molecule has 1 aromatic rings. The van der Waals surface area contributed by atoms with Crippen LogP contribution in [0.3, 0.4) is 0 Å². The fourth-order valence-corrected chi connectivity index (χ4v) is 2.11. The first-order valence-electron chi connectivity index (χ1n) is 6.34. The van der Waals surface area contributed by atoms with Crippen molar-refractivity contribution in [2.24, 2.45) is 0 Å². The van der Waals surface area contributed by atoms with Gasteiger partial charge in [-0.3, -0.25) is 0 Å². The molecule has 0 saturated carbocycles. The predicted octanol–water partition coefficient (Wildman–Crippen LogP) is 3.45. The fraction of sp³-hybridized carbons (Fsp3) is 0.429. The Kier molecular flexibility index (Phi) is 4.47. The Labute approximate surface area is 110 Å². The molecule has 0 fully saturated rings. The summed E-state index contributed by atoms with van der Waals surface area (Å²) in [5.41, 5.74) is 0.325. The lowest BCUT2D eigenvalue weighted by Crippen LogP contribution is -2.25. The van der Waals surface area contributed by atoms with E-state index < -0.39 is 23.5 Å². The molecule has 2 rings (SSSR count). The van der Waals surface area contributed by atoms with Crippen LogP contribution in [0.2, 0.25) is 0 Å². The van der Waals surface area contributed by atoms with Crippen LogP contribution in [-0.2, 0) is 4.74 Å². The molecule has 1 aliphatic heterocycles. The molecule has 0 bridgehead atoms. The third-order valence-electron chi connectivity index (χ3n) is 2.99. The number of ether oxygens (including phenoxy) is 1. The zero-order valence-corrected chi connectivity index (χ0v) is 10.7. The van der Waals surface area contributed by atoms with E-state index in [9.17, 15) is 13.2 Å². The summed E-state index contributed by atoms with van der Waals surface area (Å²) < 4.78 is 45.1. The van der Waals surface area contributed by atoms with Gasteiger partial charge in [0.2, 0.25) is 0 Å². The highest BCUT2D eigenvalue weighted by molar-refractivity contribution is 5.28. The van der Waals surface area contributed by atoms with Gasteiger partial charge in [0, 0.05) is 0 Å². The molecule has 1 aliphatic rings. The Hall–Kier alpha value is -1.49. The van der Waals surface area contributed by atoms with Crippen molar-refractivity contribution in [3.63, 3.8) is 0 Å². The molecule has 2 nitrogen and oxygen atoms in total. The molecule has 0 amide bonds. The maximum Gasteiger partial charge on any atom is 0.194 e. The van der Waals surface area contributed by atoms with Crippen molar-refractivity contribution in [3.8, 4) is 0 Å². The van der Waals surface area contributed by atoms with E-state index in [0.717, 1.165) is 25.0 Å². The lowest BCUT2D eigenvalue weighted by atomic mass is 10.0. The SMILES string of the molecule is CCNC(C1=CCCCO1)c1cc(F)c(F)c(F)c1. The van der Waals surface area contributed by atoms with Crippen molar-refractivity contribution < 1.29 is 17.9 Å². The zero-order chi connectivity index (χ0) is 13.8. The fourth-order valence-electron chi connectivity index (χ4n) is 2.11. The molecule has 1 atom stereocenters. The summed E-state index contributed by atoms with van der Waals surface area (Å²) in [5.74, 6) is -3.18. The summed E-state index contributed by atoms with van der Waals surface area (Å²) >= 11 is 0. The van der Waals surface area contributed by atoms with E-state index in [4.69, 9.17) is 4.74 Å². The lowest BCUT2D eigenvalue weighted by molar-refractivity contribution is 0.168. The van der Waals surface area contributed by atoms with Crippen LogP contribution in [0.15, 0.2) is 24.0 Å². The molecule has 0 radical (unpaired) electrons. The molecular formula is C14H16F3NO. The molecule has 5 heteroatoms. The number of benzene rings is 1.